The van der Waals surface area contributed by atoms with Crippen LogP contribution in [-0.2, 0) is 22.6 Å². The minimum atomic E-state index is 0. The Balaban J connectivity index is 0.00000363. The van der Waals surface area contributed by atoms with E-state index in [9.17, 15) is 4.79 Å². The number of nitrogens with one attached hydrogen (secondary N) is 2. The zero-order valence-corrected chi connectivity index (χ0v) is 22.2. The highest BCUT2D eigenvalue weighted by molar-refractivity contribution is 14.0. The van der Waals surface area contributed by atoms with Gasteiger partial charge in [0.05, 0.1) is 6.54 Å². The van der Waals surface area contributed by atoms with Crippen molar-refractivity contribution in [2.75, 3.05) is 32.8 Å². The lowest BCUT2D eigenvalue weighted by Gasteiger charge is -2.30. The number of nitrogens with zero attached hydrogens (tertiary/aromatic N) is 2. The first-order chi connectivity index (χ1) is 15.2. The number of rotatable bonds is 11. The van der Waals surface area contributed by atoms with E-state index in [4.69, 9.17) is 9.73 Å². The molecule has 3 rings (SSSR count). The third kappa shape index (κ3) is 7.90. The molecule has 2 N–H and O–H groups in total. The van der Waals surface area contributed by atoms with Crippen molar-refractivity contribution in [2.45, 2.75) is 71.9 Å². The van der Waals surface area contributed by atoms with E-state index in [1.807, 2.05) is 4.90 Å². The lowest BCUT2D eigenvalue weighted by molar-refractivity contribution is -0.128. The fourth-order valence-corrected chi connectivity index (χ4v) is 4.79. The van der Waals surface area contributed by atoms with Gasteiger partial charge in [0.25, 0.3) is 0 Å². The van der Waals surface area contributed by atoms with E-state index in [2.05, 4.69) is 48.7 Å². The molecule has 2 aliphatic rings. The van der Waals surface area contributed by atoms with Gasteiger partial charge in [0.15, 0.2) is 5.96 Å². The first-order valence-electron chi connectivity index (χ1n) is 12.1. The number of aliphatic imine (C=N–C) groups is 1. The van der Waals surface area contributed by atoms with Crippen LogP contribution < -0.4 is 10.6 Å². The normalized spacial score (nSPS) is 18.0. The summed E-state index contributed by atoms with van der Waals surface area (Å²) in [6.45, 7) is 9.73. The number of likely N-dealkylation sites (tertiary alicyclic amines) is 1. The van der Waals surface area contributed by atoms with Gasteiger partial charge in [-0.1, -0.05) is 37.1 Å². The van der Waals surface area contributed by atoms with Crippen LogP contribution in [0.4, 0.5) is 0 Å². The van der Waals surface area contributed by atoms with E-state index in [0.29, 0.717) is 24.9 Å². The Labute approximate surface area is 211 Å². The average Bonchev–Trinajstić information content (AvgIpc) is 3.41. The third-order valence-electron chi connectivity index (χ3n) is 6.68. The SMILES string of the molecule is CCNC(=NCc1ccccc1CN1CCCC1=O)NCC1(CCOCC)CCCC1.I. The highest BCUT2D eigenvalue weighted by Gasteiger charge is 2.33. The second kappa shape index (κ2) is 14.0. The second-order valence-electron chi connectivity index (χ2n) is 8.89. The van der Waals surface area contributed by atoms with Gasteiger partial charge in [0.2, 0.25) is 5.91 Å². The summed E-state index contributed by atoms with van der Waals surface area (Å²) in [5.74, 6) is 1.14. The molecule has 1 aliphatic carbocycles. The maximum absolute atomic E-state index is 12.0. The monoisotopic (exact) mass is 556 g/mol. The summed E-state index contributed by atoms with van der Waals surface area (Å²) in [5, 5.41) is 7.02. The van der Waals surface area contributed by atoms with Gasteiger partial charge >= 0.3 is 0 Å². The van der Waals surface area contributed by atoms with Gasteiger partial charge in [-0.2, -0.15) is 0 Å². The van der Waals surface area contributed by atoms with Gasteiger partial charge in [-0.15, -0.1) is 24.0 Å². The molecule has 0 bridgehead atoms. The van der Waals surface area contributed by atoms with Gasteiger partial charge in [0.1, 0.15) is 0 Å². The molecule has 180 valence electrons. The Morgan fingerprint density at radius 2 is 1.88 bits per heavy atom. The van der Waals surface area contributed by atoms with Gasteiger partial charge in [0, 0.05) is 45.8 Å². The molecule has 1 aromatic rings. The second-order valence-corrected chi connectivity index (χ2v) is 8.89. The fraction of sp³-hybridized carbons (Fsp3) is 0.680. The molecule has 0 unspecified atom stereocenters. The summed E-state index contributed by atoms with van der Waals surface area (Å²) < 4.78 is 5.65. The molecule has 2 fully saturated rings. The molecular formula is C25H41IN4O2. The molecule has 0 aromatic heterocycles. The number of amides is 1. The van der Waals surface area contributed by atoms with E-state index in [1.165, 1.54) is 36.8 Å². The molecular weight excluding hydrogens is 515 g/mol. The minimum Gasteiger partial charge on any atom is -0.382 e. The van der Waals surface area contributed by atoms with Crippen LogP contribution in [0, 0.1) is 5.41 Å². The number of hydrogen-bond donors (Lipinski definition) is 2. The number of benzene rings is 1. The number of carbonyl (C=O) groups excluding carboxylic acids is 1. The number of ether oxygens (including phenoxy) is 1. The van der Waals surface area contributed by atoms with Crippen LogP contribution in [-0.4, -0.2) is 49.6 Å². The van der Waals surface area contributed by atoms with Crippen molar-refractivity contribution < 1.29 is 9.53 Å². The largest absolute Gasteiger partial charge is 0.382 e. The van der Waals surface area contributed by atoms with E-state index in [0.717, 1.165) is 51.6 Å². The maximum Gasteiger partial charge on any atom is 0.222 e. The summed E-state index contributed by atoms with van der Waals surface area (Å²) in [6.07, 6.45) is 7.91. The lowest BCUT2D eigenvalue weighted by Crippen LogP contribution is -2.43. The topological polar surface area (TPSA) is 66.0 Å². The third-order valence-corrected chi connectivity index (χ3v) is 6.68. The van der Waals surface area contributed by atoms with Crippen molar-refractivity contribution in [1.82, 2.24) is 15.5 Å². The Morgan fingerprint density at radius 1 is 1.12 bits per heavy atom. The quantitative estimate of drug-likeness (QED) is 0.183. The number of hydrogen-bond acceptors (Lipinski definition) is 3. The number of guanidine groups is 1. The van der Waals surface area contributed by atoms with Crippen molar-refractivity contribution >= 4 is 35.8 Å². The summed E-state index contributed by atoms with van der Waals surface area (Å²) in [4.78, 5) is 18.9. The van der Waals surface area contributed by atoms with Gasteiger partial charge in [-0.05, 0) is 56.1 Å². The standard InChI is InChI=1S/C25H40N4O2.HI/c1-3-26-24(28-20-25(13-7-8-14-25)15-17-31-4-2)27-18-21-10-5-6-11-22(21)19-29-16-9-12-23(29)30;/h5-6,10-11H,3-4,7-9,12-20H2,1-2H3,(H2,26,27,28);1H. The molecule has 1 amide bonds. The zero-order valence-electron chi connectivity index (χ0n) is 19.8. The Morgan fingerprint density at radius 3 is 2.53 bits per heavy atom. The van der Waals surface area contributed by atoms with Crippen LogP contribution in [0.25, 0.3) is 0 Å². The summed E-state index contributed by atoms with van der Waals surface area (Å²) in [7, 11) is 0. The lowest BCUT2D eigenvalue weighted by atomic mass is 9.83. The molecule has 0 radical (unpaired) electrons. The van der Waals surface area contributed by atoms with Crippen molar-refractivity contribution in [3.8, 4) is 0 Å². The zero-order chi connectivity index (χ0) is 21.9. The Hall–Kier alpha value is -1.35. The van der Waals surface area contributed by atoms with Crippen LogP contribution in [0.3, 0.4) is 0 Å². The van der Waals surface area contributed by atoms with Crippen LogP contribution in [0.1, 0.15) is 69.9 Å². The highest BCUT2D eigenvalue weighted by Crippen LogP contribution is 2.40. The van der Waals surface area contributed by atoms with E-state index < -0.39 is 0 Å². The fourth-order valence-electron chi connectivity index (χ4n) is 4.79. The molecule has 7 heteroatoms. The van der Waals surface area contributed by atoms with Crippen LogP contribution >= 0.6 is 24.0 Å². The molecule has 6 nitrogen and oxygen atoms in total. The first-order valence-corrected chi connectivity index (χ1v) is 12.1. The van der Waals surface area contributed by atoms with Crippen LogP contribution in [0.15, 0.2) is 29.3 Å². The van der Waals surface area contributed by atoms with Crippen LogP contribution in [0.5, 0.6) is 0 Å². The van der Waals surface area contributed by atoms with Crippen molar-refractivity contribution in [3.63, 3.8) is 0 Å². The Bertz CT molecular complexity index is 734. The molecule has 32 heavy (non-hydrogen) atoms. The van der Waals surface area contributed by atoms with E-state index >= 15 is 0 Å². The molecule has 1 saturated carbocycles. The molecule has 1 heterocycles. The van der Waals surface area contributed by atoms with E-state index in [1.54, 1.807) is 0 Å². The summed E-state index contributed by atoms with van der Waals surface area (Å²) in [5.41, 5.74) is 2.70. The van der Waals surface area contributed by atoms with Crippen LogP contribution in [0.2, 0.25) is 0 Å². The van der Waals surface area contributed by atoms with Crippen molar-refractivity contribution in [2.24, 2.45) is 10.4 Å². The molecule has 1 aliphatic heterocycles. The average molecular weight is 557 g/mol. The molecule has 0 atom stereocenters. The smallest absolute Gasteiger partial charge is 0.222 e. The molecule has 1 aromatic carbocycles. The minimum absolute atomic E-state index is 0. The molecule has 0 spiro atoms. The summed E-state index contributed by atoms with van der Waals surface area (Å²) in [6, 6.07) is 8.36. The summed E-state index contributed by atoms with van der Waals surface area (Å²) >= 11 is 0. The predicted molar refractivity (Wildman–Crippen MR) is 141 cm³/mol. The predicted octanol–water partition coefficient (Wildman–Crippen LogP) is 4.47. The van der Waals surface area contributed by atoms with Crippen molar-refractivity contribution in [1.29, 1.82) is 0 Å². The highest BCUT2D eigenvalue weighted by atomic mass is 127. The molecule has 1 saturated heterocycles. The first kappa shape index (κ1) is 26.9. The number of halogens is 1. The Kier molecular flexibility index (Phi) is 11.8. The maximum atomic E-state index is 12.0. The van der Waals surface area contributed by atoms with Gasteiger partial charge in [-0.25, -0.2) is 4.99 Å². The van der Waals surface area contributed by atoms with Crippen molar-refractivity contribution in [3.05, 3.63) is 35.4 Å². The van der Waals surface area contributed by atoms with Gasteiger partial charge < -0.3 is 20.3 Å². The number of carbonyl (C=O) groups is 1. The van der Waals surface area contributed by atoms with E-state index in [-0.39, 0.29) is 29.9 Å². The van der Waals surface area contributed by atoms with Gasteiger partial charge in [-0.3, -0.25) is 4.79 Å².